The Balaban J connectivity index is 0.00000408. The number of hydrogen-bond acceptors (Lipinski definition) is 8. The van der Waals surface area contributed by atoms with E-state index in [0.29, 0.717) is 11.3 Å². The van der Waals surface area contributed by atoms with Gasteiger partial charge in [-0.1, -0.05) is 0 Å². The monoisotopic (exact) mass is 534 g/mol. The summed E-state index contributed by atoms with van der Waals surface area (Å²) in [5.41, 5.74) is 2.12. The molecule has 0 saturated carbocycles. The summed E-state index contributed by atoms with van der Waals surface area (Å²) in [5.74, 6) is -1.16. The van der Waals surface area contributed by atoms with Gasteiger partial charge in [-0.05, 0) is 54.3 Å². The molecule has 0 aliphatic carbocycles. The molecule has 11 nitrogen and oxygen atoms in total. The molecule has 188 valence electrons. The molecule has 2 heterocycles. The molecule has 2 N–H and O–H groups in total. The van der Waals surface area contributed by atoms with E-state index in [9.17, 15) is 26.8 Å². The number of methoxy groups -OCH3 is 1. The summed E-state index contributed by atoms with van der Waals surface area (Å²) in [6.45, 7) is -0.101. The average molecular weight is 535 g/mol. The number of pyridine rings is 1. The summed E-state index contributed by atoms with van der Waals surface area (Å²) < 4.78 is 58.7. The van der Waals surface area contributed by atoms with E-state index in [1.54, 1.807) is 17.6 Å². The lowest BCUT2D eigenvalue weighted by Crippen LogP contribution is -2.53. The Bertz CT molecular complexity index is 1180. The minimum Gasteiger partial charge on any atom is -0.497 e. The van der Waals surface area contributed by atoms with Crippen molar-refractivity contribution in [2.75, 3.05) is 26.5 Å². The molecule has 14 heteroatoms. The van der Waals surface area contributed by atoms with Gasteiger partial charge in [0.15, 0.2) is 0 Å². The van der Waals surface area contributed by atoms with Crippen molar-refractivity contribution in [1.82, 2.24) is 19.1 Å². The fraction of sp³-hybridized carbons (Fsp3) is 0.400. The second kappa shape index (κ2) is 11.4. The molecule has 0 bridgehead atoms. The lowest BCUT2D eigenvalue weighted by Gasteiger charge is -2.33. The first kappa shape index (κ1) is 28.0. The zero-order valence-electron chi connectivity index (χ0n) is 18.6. The molecule has 1 aromatic heterocycles. The third-order valence-corrected chi connectivity index (χ3v) is 8.66. The maximum atomic E-state index is 13.7. The zero-order valence-corrected chi connectivity index (χ0v) is 21.0. The van der Waals surface area contributed by atoms with Gasteiger partial charge in [-0.25, -0.2) is 26.6 Å². The zero-order chi connectivity index (χ0) is 24.2. The van der Waals surface area contributed by atoms with Crippen LogP contribution in [0.15, 0.2) is 53.7 Å². The smallest absolute Gasteiger partial charge is 0.262 e. The van der Waals surface area contributed by atoms with Crippen LogP contribution in [0.3, 0.4) is 0 Å². The van der Waals surface area contributed by atoms with Gasteiger partial charge in [0.1, 0.15) is 11.8 Å². The number of carbonyl (C=O) groups excluding carboxylic acids is 1. The Morgan fingerprint density at radius 2 is 1.82 bits per heavy atom. The van der Waals surface area contributed by atoms with Crippen molar-refractivity contribution >= 4 is 38.4 Å². The van der Waals surface area contributed by atoms with Crippen LogP contribution in [-0.4, -0.2) is 74.0 Å². The number of hydrogen-bond donors (Lipinski definition) is 2. The van der Waals surface area contributed by atoms with Crippen LogP contribution in [0.4, 0.5) is 0 Å². The van der Waals surface area contributed by atoms with Gasteiger partial charge in [0, 0.05) is 32.0 Å². The molecular weight excluding hydrogens is 508 g/mol. The highest BCUT2D eigenvalue weighted by Gasteiger charge is 2.44. The molecule has 1 amide bonds. The molecule has 0 spiro atoms. The number of amides is 1. The van der Waals surface area contributed by atoms with Crippen LogP contribution in [0.5, 0.6) is 5.75 Å². The third-order valence-electron chi connectivity index (χ3n) is 5.55. The Morgan fingerprint density at radius 3 is 2.32 bits per heavy atom. The van der Waals surface area contributed by atoms with Crippen LogP contribution in [0, 0.1) is 5.92 Å². The van der Waals surface area contributed by atoms with Gasteiger partial charge in [0.25, 0.3) is 5.91 Å². The van der Waals surface area contributed by atoms with Crippen LogP contribution < -0.4 is 10.2 Å². The van der Waals surface area contributed by atoms with Crippen molar-refractivity contribution in [3.8, 4) is 5.75 Å². The van der Waals surface area contributed by atoms with Crippen molar-refractivity contribution in [1.29, 1.82) is 0 Å². The molecule has 2 aromatic rings. The SMILES string of the molecule is COc1ccc(S(=O)(=O)N(Cc2ccncc2)[C@@H](C(=O)NO)C2CCN(S(C)(=O)=O)C2)cc1.Cl. The summed E-state index contributed by atoms with van der Waals surface area (Å²) in [6, 6.07) is 7.56. The molecular formula is C20H27ClN4O7S2. The first-order chi connectivity index (χ1) is 15.6. The van der Waals surface area contributed by atoms with E-state index in [2.05, 4.69) is 4.98 Å². The number of carbonyl (C=O) groups is 1. The largest absolute Gasteiger partial charge is 0.497 e. The van der Waals surface area contributed by atoms with Crippen LogP contribution >= 0.6 is 12.4 Å². The summed E-state index contributed by atoms with van der Waals surface area (Å²) in [4.78, 5) is 16.6. The topological polar surface area (TPSA) is 146 Å². The van der Waals surface area contributed by atoms with Gasteiger partial charge >= 0.3 is 0 Å². The molecule has 1 unspecified atom stereocenters. The number of rotatable bonds is 9. The van der Waals surface area contributed by atoms with E-state index in [4.69, 9.17) is 4.74 Å². The lowest BCUT2D eigenvalue weighted by atomic mass is 9.98. The predicted molar refractivity (Wildman–Crippen MR) is 125 cm³/mol. The number of halogens is 1. The van der Waals surface area contributed by atoms with Gasteiger partial charge in [0.05, 0.1) is 18.3 Å². The number of aromatic nitrogens is 1. The number of hydroxylamine groups is 1. The van der Waals surface area contributed by atoms with E-state index >= 15 is 0 Å². The first-order valence-electron chi connectivity index (χ1n) is 10.0. The molecule has 1 fully saturated rings. The summed E-state index contributed by atoms with van der Waals surface area (Å²) in [7, 11) is -6.33. The van der Waals surface area contributed by atoms with Crippen molar-refractivity contribution in [2.45, 2.75) is 23.9 Å². The normalized spacial score (nSPS) is 17.7. The fourth-order valence-corrected chi connectivity index (χ4v) is 6.38. The molecule has 2 atom stereocenters. The van der Waals surface area contributed by atoms with E-state index in [-0.39, 0.29) is 43.4 Å². The maximum absolute atomic E-state index is 13.7. The Hall–Kier alpha value is -2.29. The van der Waals surface area contributed by atoms with Gasteiger partial charge in [0.2, 0.25) is 20.0 Å². The Morgan fingerprint density at radius 1 is 1.21 bits per heavy atom. The number of ether oxygens (including phenoxy) is 1. The molecule has 3 rings (SSSR count). The van der Waals surface area contributed by atoms with E-state index in [1.807, 2.05) is 0 Å². The van der Waals surface area contributed by atoms with Crippen LogP contribution in [0.25, 0.3) is 0 Å². The molecule has 0 radical (unpaired) electrons. The highest BCUT2D eigenvalue weighted by Crippen LogP contribution is 2.31. The molecule has 1 aromatic carbocycles. The number of nitrogens with zero attached hydrogens (tertiary/aromatic N) is 3. The fourth-order valence-electron chi connectivity index (χ4n) is 3.84. The van der Waals surface area contributed by atoms with Crippen molar-refractivity contribution in [3.05, 3.63) is 54.4 Å². The average Bonchev–Trinajstić information content (AvgIpc) is 3.29. The molecule has 1 saturated heterocycles. The number of sulfonamides is 2. The Kier molecular flexibility index (Phi) is 9.39. The number of nitrogens with one attached hydrogen (secondary N) is 1. The molecule has 1 aliphatic heterocycles. The van der Waals surface area contributed by atoms with Gasteiger partial charge < -0.3 is 4.74 Å². The second-order valence-corrected chi connectivity index (χ2v) is 11.5. The standard InChI is InChI=1S/C20H26N4O7S2.ClH/c1-31-17-3-5-18(6-4-17)33(29,30)24(13-15-7-10-21-11-8-15)19(20(25)22-26)16-9-12-23(14-16)32(2,27)28;/h3-8,10-11,16,19,26H,9,12-14H2,1-2H3,(H,22,25);1H/t16?,19-;/m1./s1. The summed E-state index contributed by atoms with van der Waals surface area (Å²) in [6.07, 6.45) is 4.29. The van der Waals surface area contributed by atoms with Crippen molar-refractivity contribution in [3.63, 3.8) is 0 Å². The number of benzene rings is 1. The second-order valence-electron chi connectivity index (χ2n) is 7.67. The van der Waals surface area contributed by atoms with Crippen molar-refractivity contribution < 1.29 is 31.6 Å². The lowest BCUT2D eigenvalue weighted by molar-refractivity contribution is -0.135. The van der Waals surface area contributed by atoms with E-state index in [1.165, 1.54) is 48.1 Å². The minimum absolute atomic E-state index is 0. The minimum atomic E-state index is -4.25. The van der Waals surface area contributed by atoms with Gasteiger partial charge in [-0.15, -0.1) is 12.4 Å². The highest BCUT2D eigenvalue weighted by molar-refractivity contribution is 7.89. The summed E-state index contributed by atoms with van der Waals surface area (Å²) in [5, 5.41) is 9.43. The van der Waals surface area contributed by atoms with E-state index in [0.717, 1.165) is 10.6 Å². The molecule has 34 heavy (non-hydrogen) atoms. The van der Waals surface area contributed by atoms with Gasteiger partial charge in [-0.2, -0.15) is 4.31 Å². The van der Waals surface area contributed by atoms with Crippen molar-refractivity contribution in [2.24, 2.45) is 5.92 Å². The Labute approximate surface area is 205 Å². The third kappa shape index (κ3) is 6.23. The quantitative estimate of drug-likeness (QED) is 0.356. The van der Waals surface area contributed by atoms with Crippen LogP contribution in [-0.2, 0) is 31.4 Å². The molecule has 1 aliphatic rings. The van der Waals surface area contributed by atoms with Crippen LogP contribution in [0.1, 0.15) is 12.0 Å². The van der Waals surface area contributed by atoms with Crippen LogP contribution in [0.2, 0.25) is 0 Å². The summed E-state index contributed by atoms with van der Waals surface area (Å²) >= 11 is 0. The van der Waals surface area contributed by atoms with Gasteiger partial charge in [-0.3, -0.25) is 15.0 Å². The predicted octanol–water partition coefficient (Wildman–Crippen LogP) is 0.858. The highest BCUT2D eigenvalue weighted by atomic mass is 35.5. The van der Waals surface area contributed by atoms with E-state index < -0.39 is 37.9 Å². The first-order valence-corrected chi connectivity index (χ1v) is 13.3. The maximum Gasteiger partial charge on any atom is 0.262 e.